The maximum Gasteiger partial charge on any atom is 0.460 e. The van der Waals surface area contributed by atoms with E-state index in [2.05, 4.69) is 0 Å². The SMILES string of the molecule is C[N+](C)(CCO)CCCN(CCO)S(=O)(=O)C(F)(F)C(F)(F)C(F)(F)C(F)(F)F. The first-order chi connectivity index (χ1) is 12.7. The van der Waals surface area contributed by atoms with Gasteiger partial charge in [-0.25, -0.2) is 8.42 Å². The van der Waals surface area contributed by atoms with Gasteiger partial charge in [-0.1, -0.05) is 0 Å². The predicted molar refractivity (Wildman–Crippen MR) is 82.0 cm³/mol. The van der Waals surface area contributed by atoms with Crippen molar-refractivity contribution in [1.29, 1.82) is 0 Å². The molecule has 176 valence electrons. The van der Waals surface area contributed by atoms with Crippen molar-refractivity contribution < 1.29 is 62.6 Å². The Balaban J connectivity index is 5.85. The van der Waals surface area contributed by atoms with Gasteiger partial charge in [-0.15, -0.1) is 0 Å². The normalized spacial score (nSPS) is 15.2. The molecule has 0 fully saturated rings. The summed E-state index contributed by atoms with van der Waals surface area (Å²) in [6, 6.07) is 0. The lowest BCUT2D eigenvalue weighted by Gasteiger charge is -2.36. The van der Waals surface area contributed by atoms with Gasteiger partial charge < -0.3 is 14.7 Å². The van der Waals surface area contributed by atoms with Gasteiger partial charge in [0.05, 0.1) is 33.9 Å². The van der Waals surface area contributed by atoms with Crippen LogP contribution < -0.4 is 0 Å². The van der Waals surface area contributed by atoms with Crippen molar-refractivity contribution in [2.45, 2.75) is 29.7 Å². The third kappa shape index (κ3) is 5.65. The number of aliphatic hydroxyl groups excluding tert-OH is 2. The van der Waals surface area contributed by atoms with Gasteiger partial charge in [-0.05, 0) is 0 Å². The van der Waals surface area contributed by atoms with Crippen molar-refractivity contribution in [3.63, 3.8) is 0 Å². The van der Waals surface area contributed by atoms with Crippen LogP contribution in [0.25, 0.3) is 0 Å². The average Bonchev–Trinajstić information content (AvgIpc) is 2.52. The summed E-state index contributed by atoms with van der Waals surface area (Å²) in [4.78, 5) is 0. The zero-order valence-corrected chi connectivity index (χ0v) is 16.2. The molecule has 6 nitrogen and oxygen atoms in total. The van der Waals surface area contributed by atoms with E-state index in [1.54, 1.807) is 0 Å². The van der Waals surface area contributed by atoms with E-state index in [4.69, 9.17) is 10.2 Å². The molecule has 0 rings (SSSR count). The first kappa shape index (κ1) is 28.2. The summed E-state index contributed by atoms with van der Waals surface area (Å²) in [7, 11) is -3.67. The summed E-state index contributed by atoms with van der Waals surface area (Å²) >= 11 is 0. The Labute approximate surface area is 161 Å². The third-order valence-electron chi connectivity index (χ3n) is 4.01. The van der Waals surface area contributed by atoms with Crippen LogP contribution in [-0.2, 0) is 10.0 Å². The molecule has 0 aromatic heterocycles. The van der Waals surface area contributed by atoms with Gasteiger partial charge in [0.15, 0.2) is 0 Å². The van der Waals surface area contributed by atoms with E-state index in [1.165, 1.54) is 14.1 Å². The Morgan fingerprint density at radius 3 is 1.66 bits per heavy atom. The Morgan fingerprint density at radius 2 is 1.28 bits per heavy atom. The molecule has 0 aromatic rings. The number of halogens is 9. The average molecular weight is 473 g/mol. The molecule has 0 saturated carbocycles. The molecule has 0 aliphatic carbocycles. The molecule has 0 bridgehead atoms. The van der Waals surface area contributed by atoms with E-state index in [-0.39, 0.29) is 30.6 Å². The van der Waals surface area contributed by atoms with Crippen molar-refractivity contribution in [1.82, 2.24) is 4.31 Å². The monoisotopic (exact) mass is 473 g/mol. The van der Waals surface area contributed by atoms with E-state index >= 15 is 0 Å². The van der Waals surface area contributed by atoms with Crippen LogP contribution in [0.4, 0.5) is 39.5 Å². The molecule has 0 saturated heterocycles. The standard InChI is InChI=1S/C13H22F9N2O4S/c1-24(2,7-9-26)6-3-4-23(5-8-25)29(27,28)13(21,22)11(16,17)10(14,15)12(18,19)20/h25-26H,3-9H2,1-2H3/q+1. The van der Waals surface area contributed by atoms with Crippen molar-refractivity contribution in [2.75, 3.05) is 53.5 Å². The predicted octanol–water partition coefficient (Wildman–Crippen LogP) is 1.50. The number of likely N-dealkylation sites (N-methyl/N-ethyl adjacent to an activating group) is 1. The topological polar surface area (TPSA) is 77.8 Å². The van der Waals surface area contributed by atoms with Gasteiger partial charge in [0.25, 0.3) is 10.0 Å². The van der Waals surface area contributed by atoms with Crippen molar-refractivity contribution in [3.05, 3.63) is 0 Å². The molecule has 2 N–H and O–H groups in total. The highest BCUT2D eigenvalue weighted by Gasteiger charge is 2.85. The Kier molecular flexibility index (Phi) is 8.85. The molecule has 16 heteroatoms. The zero-order chi connectivity index (χ0) is 23.5. The maximum atomic E-state index is 13.9. The maximum absolute atomic E-state index is 13.9. The number of hydrogen-bond acceptors (Lipinski definition) is 4. The third-order valence-corrected chi connectivity index (χ3v) is 5.95. The molecule has 0 aliphatic heterocycles. The highest BCUT2D eigenvalue weighted by Crippen LogP contribution is 2.55. The molecule has 0 atom stereocenters. The highest BCUT2D eigenvalue weighted by molar-refractivity contribution is 7.90. The lowest BCUT2D eigenvalue weighted by molar-refractivity contribution is -0.890. The molecule has 0 aliphatic rings. The van der Waals surface area contributed by atoms with Crippen LogP contribution in [0.15, 0.2) is 0 Å². The Bertz CT molecular complexity index is 639. The molecular weight excluding hydrogens is 451 g/mol. The second-order valence-electron chi connectivity index (χ2n) is 6.75. The minimum Gasteiger partial charge on any atom is -0.395 e. The summed E-state index contributed by atoms with van der Waals surface area (Å²) in [5.41, 5.74) is 0. The number of rotatable bonds is 12. The summed E-state index contributed by atoms with van der Waals surface area (Å²) in [5.74, 6) is -14.7. The van der Waals surface area contributed by atoms with Gasteiger partial charge in [0, 0.05) is 19.5 Å². The van der Waals surface area contributed by atoms with Crippen LogP contribution in [0.5, 0.6) is 0 Å². The van der Waals surface area contributed by atoms with E-state index in [0.29, 0.717) is 0 Å². The second-order valence-corrected chi connectivity index (χ2v) is 8.73. The number of sulfonamides is 1. The van der Waals surface area contributed by atoms with Crippen LogP contribution in [0.1, 0.15) is 6.42 Å². The van der Waals surface area contributed by atoms with E-state index < -0.39 is 57.3 Å². The summed E-state index contributed by atoms with van der Waals surface area (Å²) in [6.45, 7) is -3.57. The number of nitrogens with zero attached hydrogens (tertiary/aromatic N) is 2. The van der Waals surface area contributed by atoms with E-state index in [1.807, 2.05) is 0 Å². The lowest BCUT2D eigenvalue weighted by Crippen LogP contribution is -2.65. The minimum absolute atomic E-state index is 0.00131. The molecular formula is C13H22F9N2O4S+. The first-order valence-corrected chi connectivity index (χ1v) is 9.40. The Hall–Kier alpha value is -0.840. The highest BCUT2D eigenvalue weighted by atomic mass is 32.2. The fourth-order valence-corrected chi connectivity index (χ4v) is 3.67. The minimum atomic E-state index is -7.35. The molecule has 0 heterocycles. The fourth-order valence-electron chi connectivity index (χ4n) is 2.21. The molecule has 0 aromatic carbocycles. The quantitative estimate of drug-likeness (QED) is 0.333. The largest absolute Gasteiger partial charge is 0.460 e. The molecule has 0 amide bonds. The van der Waals surface area contributed by atoms with E-state index in [9.17, 15) is 47.9 Å². The summed E-state index contributed by atoms with van der Waals surface area (Å²) < 4.78 is 140. The number of alkyl halides is 9. The van der Waals surface area contributed by atoms with Crippen molar-refractivity contribution in [2.24, 2.45) is 0 Å². The fraction of sp³-hybridized carbons (Fsp3) is 1.00. The van der Waals surface area contributed by atoms with Crippen molar-refractivity contribution in [3.8, 4) is 0 Å². The second kappa shape index (κ2) is 9.11. The first-order valence-electron chi connectivity index (χ1n) is 7.96. The van der Waals surface area contributed by atoms with Crippen LogP contribution in [0.3, 0.4) is 0 Å². The number of aliphatic hydroxyl groups is 2. The van der Waals surface area contributed by atoms with E-state index in [0.717, 1.165) is 0 Å². The summed E-state index contributed by atoms with van der Waals surface area (Å²) in [5, 5.41) is 10.8. The van der Waals surface area contributed by atoms with Gasteiger partial charge in [0.1, 0.15) is 6.54 Å². The molecule has 0 unspecified atom stereocenters. The molecule has 0 radical (unpaired) electrons. The van der Waals surface area contributed by atoms with Gasteiger partial charge in [-0.3, -0.25) is 0 Å². The number of quaternary nitrogens is 1. The zero-order valence-electron chi connectivity index (χ0n) is 15.4. The van der Waals surface area contributed by atoms with Gasteiger partial charge in [-0.2, -0.15) is 43.8 Å². The van der Waals surface area contributed by atoms with Crippen LogP contribution in [0, 0.1) is 0 Å². The molecule has 0 spiro atoms. The summed E-state index contributed by atoms with van der Waals surface area (Å²) in [6.07, 6.45) is -7.47. The van der Waals surface area contributed by atoms with Crippen LogP contribution >= 0.6 is 0 Å². The van der Waals surface area contributed by atoms with Crippen molar-refractivity contribution >= 4 is 10.0 Å². The number of hydrogen-bond donors (Lipinski definition) is 2. The van der Waals surface area contributed by atoms with Gasteiger partial charge in [0.2, 0.25) is 0 Å². The molecule has 29 heavy (non-hydrogen) atoms. The Morgan fingerprint density at radius 1 is 0.793 bits per heavy atom. The van der Waals surface area contributed by atoms with Crippen LogP contribution in [-0.4, -0.2) is 104 Å². The van der Waals surface area contributed by atoms with Crippen LogP contribution in [0.2, 0.25) is 0 Å². The lowest BCUT2D eigenvalue weighted by atomic mass is 10.1. The smallest absolute Gasteiger partial charge is 0.395 e. The van der Waals surface area contributed by atoms with Gasteiger partial charge >= 0.3 is 23.3 Å².